The van der Waals surface area contributed by atoms with Crippen LogP contribution >= 0.6 is 22.6 Å². The van der Waals surface area contributed by atoms with Crippen molar-refractivity contribution in [2.24, 2.45) is 16.7 Å². The van der Waals surface area contributed by atoms with Gasteiger partial charge in [-0.2, -0.15) is 0 Å². The van der Waals surface area contributed by atoms with Gasteiger partial charge in [0.2, 0.25) is 0 Å². The second kappa shape index (κ2) is 6.68. The van der Waals surface area contributed by atoms with Crippen molar-refractivity contribution in [3.05, 3.63) is 0 Å². The van der Waals surface area contributed by atoms with Gasteiger partial charge in [0, 0.05) is 15.3 Å². The Hall–Kier alpha value is 0.827. The van der Waals surface area contributed by atoms with E-state index in [-0.39, 0.29) is 40.3 Å². The van der Waals surface area contributed by atoms with Crippen molar-refractivity contribution in [1.29, 1.82) is 0 Å². The molecule has 152 valence electrons. The van der Waals surface area contributed by atoms with Crippen LogP contribution in [-0.2, 0) is 9.16 Å². The Balaban J connectivity index is 1.99. The molecule has 1 N–H and O–H groups in total. The Morgan fingerprint density at radius 3 is 2.42 bits per heavy atom. The molecule has 0 aromatic heterocycles. The number of rotatable bonds is 4. The molecule has 2 aliphatic carbocycles. The second-order valence-electron chi connectivity index (χ2n) is 11.1. The van der Waals surface area contributed by atoms with Crippen LogP contribution in [0.25, 0.3) is 0 Å². The topological polar surface area (TPSA) is 38.7 Å². The monoisotopic (exact) mass is 494 g/mol. The predicted octanol–water partition coefficient (Wildman–Crippen LogP) is 5.55. The molecule has 1 aliphatic heterocycles. The minimum atomic E-state index is -1.87. The van der Waals surface area contributed by atoms with E-state index in [9.17, 15) is 5.11 Å². The SMILES string of the molecule is C[C@H]1CC[C@]2(CO)[C@H](C1)O[C@@]1(CI)[C@@H](O[Si](C)(C)C(C)(C)C)CC[C@@]21C. The number of hydrogen-bond acceptors (Lipinski definition) is 3. The average molecular weight is 495 g/mol. The van der Waals surface area contributed by atoms with Crippen LogP contribution in [0.5, 0.6) is 0 Å². The molecule has 0 aromatic carbocycles. The quantitative estimate of drug-likeness (QED) is 0.317. The summed E-state index contributed by atoms with van der Waals surface area (Å²) in [7, 11) is -1.87. The molecular formula is C21H39IO3Si. The highest BCUT2D eigenvalue weighted by Gasteiger charge is 2.75. The zero-order valence-electron chi connectivity index (χ0n) is 17.8. The predicted molar refractivity (Wildman–Crippen MR) is 118 cm³/mol. The van der Waals surface area contributed by atoms with Gasteiger partial charge in [0.15, 0.2) is 8.32 Å². The van der Waals surface area contributed by atoms with Gasteiger partial charge >= 0.3 is 0 Å². The van der Waals surface area contributed by atoms with Gasteiger partial charge in [0.1, 0.15) is 5.60 Å². The number of ether oxygens (including phenoxy) is 1. The van der Waals surface area contributed by atoms with Crippen molar-refractivity contribution in [2.75, 3.05) is 11.0 Å². The standard InChI is InChI=1S/C21H39IO3Si/c1-15-8-11-20(14-23)17(12-15)24-21(13-22)16(9-10-19(20,21)5)25-26(6,7)18(2,3)4/h15-17,23H,8-14H2,1-7H3/t15-,16-,17-,19-,20-,21-/m0/s1. The van der Waals surface area contributed by atoms with E-state index in [1.165, 1.54) is 6.42 Å². The molecule has 0 aromatic rings. The third-order valence-electron chi connectivity index (χ3n) is 8.85. The lowest BCUT2D eigenvalue weighted by atomic mass is 9.53. The van der Waals surface area contributed by atoms with Crippen LogP contribution < -0.4 is 0 Å². The Morgan fingerprint density at radius 2 is 1.88 bits per heavy atom. The summed E-state index contributed by atoms with van der Waals surface area (Å²) < 4.78 is 14.9. The van der Waals surface area contributed by atoms with E-state index in [1.807, 2.05) is 0 Å². The Labute approximate surface area is 175 Å². The maximum atomic E-state index is 10.6. The maximum Gasteiger partial charge on any atom is 0.192 e. The fourth-order valence-electron chi connectivity index (χ4n) is 5.82. The van der Waals surface area contributed by atoms with Crippen molar-refractivity contribution in [3.8, 4) is 0 Å². The van der Waals surface area contributed by atoms with Gasteiger partial charge < -0.3 is 14.3 Å². The number of halogens is 1. The van der Waals surface area contributed by atoms with Crippen molar-refractivity contribution >= 4 is 30.9 Å². The number of aliphatic hydroxyl groups is 1. The second-order valence-corrected chi connectivity index (χ2v) is 16.6. The smallest absolute Gasteiger partial charge is 0.192 e. The lowest BCUT2D eigenvalue weighted by Gasteiger charge is -2.50. The summed E-state index contributed by atoms with van der Waals surface area (Å²) in [5, 5.41) is 10.8. The van der Waals surface area contributed by atoms with E-state index in [4.69, 9.17) is 9.16 Å². The van der Waals surface area contributed by atoms with Crippen LogP contribution in [0, 0.1) is 16.7 Å². The van der Waals surface area contributed by atoms with Gasteiger partial charge in [0.05, 0.1) is 18.8 Å². The van der Waals surface area contributed by atoms with Crippen LogP contribution in [-0.4, -0.2) is 42.3 Å². The number of hydrogen-bond donors (Lipinski definition) is 1. The fraction of sp³-hybridized carbons (Fsp3) is 1.00. The molecule has 3 aliphatic rings. The first-order valence-electron chi connectivity index (χ1n) is 10.4. The van der Waals surface area contributed by atoms with E-state index in [2.05, 4.69) is 70.3 Å². The van der Waals surface area contributed by atoms with Crippen LogP contribution in [0.3, 0.4) is 0 Å². The van der Waals surface area contributed by atoms with Crippen LogP contribution in [0.4, 0.5) is 0 Å². The first kappa shape index (κ1) is 21.5. The van der Waals surface area contributed by atoms with Gasteiger partial charge in [0.25, 0.3) is 0 Å². The van der Waals surface area contributed by atoms with E-state index in [1.54, 1.807) is 0 Å². The summed E-state index contributed by atoms with van der Waals surface area (Å²) in [5.74, 6) is 0.688. The molecule has 0 spiro atoms. The summed E-state index contributed by atoms with van der Waals surface area (Å²) in [5.41, 5.74) is -0.329. The molecule has 3 rings (SSSR count). The van der Waals surface area contributed by atoms with Crippen molar-refractivity contribution in [2.45, 2.75) is 103 Å². The lowest BCUT2D eigenvalue weighted by Crippen LogP contribution is -2.58. The van der Waals surface area contributed by atoms with Crippen molar-refractivity contribution in [3.63, 3.8) is 0 Å². The molecule has 0 bridgehead atoms. The summed E-state index contributed by atoms with van der Waals surface area (Å²) in [6, 6.07) is 0. The molecule has 0 radical (unpaired) electrons. The molecule has 5 heteroatoms. The minimum absolute atomic E-state index is 0.00772. The molecule has 2 saturated carbocycles. The Kier molecular flexibility index (Phi) is 5.53. The zero-order valence-corrected chi connectivity index (χ0v) is 21.0. The van der Waals surface area contributed by atoms with Crippen LogP contribution in [0.2, 0.25) is 18.1 Å². The van der Waals surface area contributed by atoms with Gasteiger partial charge in [-0.25, -0.2) is 0 Å². The summed E-state index contributed by atoms with van der Waals surface area (Å²) in [4.78, 5) is 0. The highest BCUT2D eigenvalue weighted by molar-refractivity contribution is 14.1. The molecule has 3 nitrogen and oxygen atoms in total. The van der Waals surface area contributed by atoms with E-state index >= 15 is 0 Å². The highest BCUT2D eigenvalue weighted by Crippen LogP contribution is 2.70. The normalized spacial score (nSPS) is 46.3. The van der Waals surface area contributed by atoms with E-state index < -0.39 is 8.32 Å². The fourth-order valence-corrected chi connectivity index (χ4v) is 8.71. The number of fused-ring (bicyclic) bond motifs is 3. The van der Waals surface area contributed by atoms with Gasteiger partial charge in [-0.15, -0.1) is 0 Å². The third kappa shape index (κ3) is 2.73. The zero-order chi connectivity index (χ0) is 19.6. The third-order valence-corrected chi connectivity index (χ3v) is 14.5. The lowest BCUT2D eigenvalue weighted by molar-refractivity contribution is -0.113. The number of aliphatic hydroxyl groups excluding tert-OH is 1. The average Bonchev–Trinajstić information content (AvgIpc) is 2.92. The highest BCUT2D eigenvalue weighted by atomic mass is 127. The molecule has 0 unspecified atom stereocenters. The first-order chi connectivity index (χ1) is 11.9. The Morgan fingerprint density at radius 1 is 1.23 bits per heavy atom. The van der Waals surface area contributed by atoms with Gasteiger partial charge in [-0.3, -0.25) is 0 Å². The minimum Gasteiger partial charge on any atom is -0.411 e. The van der Waals surface area contributed by atoms with Gasteiger partial charge in [-0.05, 0) is 56.2 Å². The summed E-state index contributed by atoms with van der Waals surface area (Å²) in [6.07, 6.45) is 5.91. The maximum absolute atomic E-state index is 10.6. The van der Waals surface area contributed by atoms with Gasteiger partial charge in [-0.1, -0.05) is 57.2 Å². The van der Waals surface area contributed by atoms with E-state index in [0.29, 0.717) is 5.92 Å². The molecule has 0 amide bonds. The Bertz CT molecular complexity index is 548. The summed E-state index contributed by atoms with van der Waals surface area (Å²) in [6.45, 7) is 16.7. The summed E-state index contributed by atoms with van der Waals surface area (Å²) >= 11 is 2.53. The number of alkyl halides is 1. The van der Waals surface area contributed by atoms with Crippen LogP contribution in [0.15, 0.2) is 0 Å². The molecule has 6 atom stereocenters. The van der Waals surface area contributed by atoms with Crippen molar-refractivity contribution < 1.29 is 14.3 Å². The molecule has 1 heterocycles. The molecular weight excluding hydrogens is 455 g/mol. The molecule has 26 heavy (non-hydrogen) atoms. The van der Waals surface area contributed by atoms with Crippen LogP contribution in [0.1, 0.15) is 66.7 Å². The van der Waals surface area contributed by atoms with E-state index in [0.717, 1.165) is 30.1 Å². The molecule has 3 fully saturated rings. The molecule has 1 saturated heterocycles. The van der Waals surface area contributed by atoms with Crippen molar-refractivity contribution in [1.82, 2.24) is 0 Å². The largest absolute Gasteiger partial charge is 0.411 e. The first-order valence-corrected chi connectivity index (χ1v) is 14.8.